The van der Waals surface area contributed by atoms with Crippen LogP contribution in [0.15, 0.2) is 58.9 Å². The minimum absolute atomic E-state index is 0.0326. The van der Waals surface area contributed by atoms with Crippen molar-refractivity contribution < 1.29 is 17.9 Å². The second-order valence-corrected chi connectivity index (χ2v) is 8.32. The van der Waals surface area contributed by atoms with Crippen molar-refractivity contribution >= 4 is 27.3 Å². The van der Waals surface area contributed by atoms with Crippen molar-refractivity contribution in [2.24, 2.45) is 0 Å². The summed E-state index contributed by atoms with van der Waals surface area (Å²) in [7, 11) is -3.93. The van der Waals surface area contributed by atoms with Crippen molar-refractivity contribution in [2.75, 3.05) is 13.2 Å². The molecule has 0 saturated heterocycles. The molecule has 142 valence electrons. The van der Waals surface area contributed by atoms with Crippen molar-refractivity contribution in [3.8, 4) is 10.6 Å². The molecule has 9 heteroatoms. The van der Waals surface area contributed by atoms with Crippen molar-refractivity contribution in [3.63, 3.8) is 0 Å². The molecule has 0 aliphatic rings. The normalized spacial score (nSPS) is 11.4. The standard InChI is InChI=1S/C18H19N3O4S2/c1-2-25-17(22)11-19-27(23,24)16-13-21(12-14-7-4-3-5-8-14)20-18(16)15-9-6-10-26-15/h3-10,13,19H,2,11-12H2,1H3. The summed E-state index contributed by atoms with van der Waals surface area (Å²) in [6.45, 7) is 1.86. The summed E-state index contributed by atoms with van der Waals surface area (Å²) in [6, 6.07) is 13.3. The fourth-order valence-electron chi connectivity index (χ4n) is 2.48. The van der Waals surface area contributed by atoms with Gasteiger partial charge in [0.2, 0.25) is 10.0 Å². The van der Waals surface area contributed by atoms with Crippen LogP contribution in [0.25, 0.3) is 10.6 Å². The third kappa shape index (κ3) is 4.82. The Hall–Kier alpha value is -2.49. The second kappa shape index (κ2) is 8.47. The van der Waals surface area contributed by atoms with Crippen LogP contribution in [0, 0.1) is 0 Å². The highest BCUT2D eigenvalue weighted by molar-refractivity contribution is 7.89. The van der Waals surface area contributed by atoms with Gasteiger partial charge in [-0.05, 0) is 23.9 Å². The minimum atomic E-state index is -3.93. The molecule has 0 aliphatic heterocycles. The number of rotatable bonds is 8. The average molecular weight is 406 g/mol. The smallest absolute Gasteiger partial charge is 0.321 e. The summed E-state index contributed by atoms with van der Waals surface area (Å²) >= 11 is 1.40. The van der Waals surface area contributed by atoms with Crippen molar-refractivity contribution in [3.05, 3.63) is 59.6 Å². The highest BCUT2D eigenvalue weighted by Crippen LogP contribution is 2.29. The fraction of sp³-hybridized carbons (Fsp3) is 0.222. The van der Waals surface area contributed by atoms with Crippen LogP contribution in [0.3, 0.4) is 0 Å². The van der Waals surface area contributed by atoms with Crippen molar-refractivity contribution in [2.45, 2.75) is 18.4 Å². The first-order chi connectivity index (χ1) is 13.0. The number of benzene rings is 1. The van der Waals surface area contributed by atoms with Gasteiger partial charge in [-0.15, -0.1) is 11.3 Å². The second-order valence-electron chi connectivity index (χ2n) is 5.63. The Labute approximate surface area is 161 Å². The van der Waals surface area contributed by atoms with E-state index in [4.69, 9.17) is 4.74 Å². The largest absolute Gasteiger partial charge is 0.465 e. The number of sulfonamides is 1. The Balaban J connectivity index is 1.91. The van der Waals surface area contributed by atoms with E-state index in [1.807, 2.05) is 47.8 Å². The molecule has 0 saturated carbocycles. The molecule has 0 spiro atoms. The zero-order valence-corrected chi connectivity index (χ0v) is 16.3. The first-order valence-electron chi connectivity index (χ1n) is 8.30. The van der Waals surface area contributed by atoms with E-state index < -0.39 is 22.5 Å². The Morgan fingerprint density at radius 2 is 2.00 bits per heavy atom. The average Bonchev–Trinajstić information content (AvgIpc) is 3.31. The van der Waals surface area contributed by atoms with Gasteiger partial charge in [-0.2, -0.15) is 9.82 Å². The third-order valence-corrected chi connectivity index (χ3v) is 5.95. The number of thiophene rings is 1. The molecule has 1 aromatic carbocycles. The molecule has 0 amide bonds. The van der Waals surface area contributed by atoms with Gasteiger partial charge < -0.3 is 4.74 Å². The van der Waals surface area contributed by atoms with Crippen LogP contribution in [-0.4, -0.2) is 37.3 Å². The molecule has 2 heterocycles. The topological polar surface area (TPSA) is 90.3 Å². The fourth-order valence-corrected chi connectivity index (χ4v) is 4.40. The summed E-state index contributed by atoms with van der Waals surface area (Å²) in [5, 5.41) is 6.32. The van der Waals surface area contributed by atoms with E-state index in [9.17, 15) is 13.2 Å². The van der Waals surface area contributed by atoms with E-state index in [-0.39, 0.29) is 11.5 Å². The number of carbonyl (C=O) groups is 1. The lowest BCUT2D eigenvalue weighted by Crippen LogP contribution is -2.30. The van der Waals surface area contributed by atoms with Gasteiger partial charge >= 0.3 is 5.97 Å². The van der Waals surface area contributed by atoms with Gasteiger partial charge in [-0.1, -0.05) is 36.4 Å². The first-order valence-corrected chi connectivity index (χ1v) is 10.7. The minimum Gasteiger partial charge on any atom is -0.465 e. The SMILES string of the molecule is CCOC(=O)CNS(=O)(=O)c1cn(Cc2ccccc2)nc1-c1cccs1. The number of hydrogen-bond donors (Lipinski definition) is 1. The highest BCUT2D eigenvalue weighted by atomic mass is 32.2. The van der Waals surface area contributed by atoms with Crippen LogP contribution in [0.4, 0.5) is 0 Å². The predicted octanol–water partition coefficient (Wildman–Crippen LogP) is 2.50. The van der Waals surface area contributed by atoms with E-state index >= 15 is 0 Å². The van der Waals surface area contributed by atoms with E-state index in [1.165, 1.54) is 17.5 Å². The zero-order chi connectivity index (χ0) is 19.3. The van der Waals surface area contributed by atoms with Gasteiger partial charge in [0, 0.05) is 6.20 Å². The predicted molar refractivity (Wildman–Crippen MR) is 103 cm³/mol. The summed E-state index contributed by atoms with van der Waals surface area (Å²) < 4.78 is 34.2. The van der Waals surface area contributed by atoms with Gasteiger partial charge in [0.25, 0.3) is 0 Å². The lowest BCUT2D eigenvalue weighted by Gasteiger charge is -2.05. The molecule has 0 aliphatic carbocycles. The number of ether oxygens (including phenoxy) is 1. The van der Waals surface area contributed by atoms with Crippen molar-refractivity contribution in [1.29, 1.82) is 0 Å². The molecular formula is C18H19N3O4S2. The van der Waals surface area contributed by atoms with E-state index in [1.54, 1.807) is 11.6 Å². The van der Waals surface area contributed by atoms with Gasteiger partial charge in [-0.25, -0.2) is 8.42 Å². The molecule has 27 heavy (non-hydrogen) atoms. The maximum Gasteiger partial charge on any atom is 0.321 e. The number of nitrogens with one attached hydrogen (secondary N) is 1. The molecule has 0 atom stereocenters. The maximum atomic E-state index is 12.8. The quantitative estimate of drug-likeness (QED) is 0.582. The Kier molecular flexibility index (Phi) is 6.04. The summed E-state index contributed by atoms with van der Waals surface area (Å²) in [6.07, 6.45) is 1.48. The molecule has 0 radical (unpaired) electrons. The molecular weight excluding hydrogens is 386 g/mol. The monoisotopic (exact) mass is 405 g/mol. The van der Waals surface area contributed by atoms with Crippen LogP contribution in [0.2, 0.25) is 0 Å². The molecule has 0 bridgehead atoms. The van der Waals surface area contributed by atoms with Crippen LogP contribution < -0.4 is 4.72 Å². The highest BCUT2D eigenvalue weighted by Gasteiger charge is 2.25. The third-order valence-electron chi connectivity index (χ3n) is 3.67. The number of aromatic nitrogens is 2. The first kappa shape index (κ1) is 19.3. The van der Waals surface area contributed by atoms with Gasteiger partial charge in [0.1, 0.15) is 17.1 Å². The molecule has 0 fully saturated rings. The molecule has 2 aromatic heterocycles. The lowest BCUT2D eigenvalue weighted by molar-refractivity contribution is -0.141. The van der Waals surface area contributed by atoms with Crippen molar-refractivity contribution in [1.82, 2.24) is 14.5 Å². The number of esters is 1. The molecule has 0 unspecified atom stereocenters. The van der Waals surface area contributed by atoms with E-state index in [2.05, 4.69) is 9.82 Å². The Morgan fingerprint density at radius 1 is 1.22 bits per heavy atom. The van der Waals surface area contributed by atoms with Crippen LogP contribution in [-0.2, 0) is 26.1 Å². The number of carbonyl (C=O) groups excluding carboxylic acids is 1. The van der Waals surface area contributed by atoms with Gasteiger partial charge in [-0.3, -0.25) is 9.48 Å². The Morgan fingerprint density at radius 3 is 2.67 bits per heavy atom. The van der Waals surface area contributed by atoms with Crippen LogP contribution in [0.5, 0.6) is 0 Å². The molecule has 7 nitrogen and oxygen atoms in total. The molecule has 3 aromatic rings. The Bertz CT molecular complexity index is 997. The number of nitrogens with zero attached hydrogens (tertiary/aromatic N) is 2. The summed E-state index contributed by atoms with van der Waals surface area (Å²) in [4.78, 5) is 12.3. The maximum absolute atomic E-state index is 12.8. The summed E-state index contributed by atoms with van der Waals surface area (Å²) in [5.41, 5.74) is 1.36. The van der Waals surface area contributed by atoms with E-state index in [0.717, 1.165) is 10.4 Å². The molecule has 3 rings (SSSR count). The lowest BCUT2D eigenvalue weighted by atomic mass is 10.2. The van der Waals surface area contributed by atoms with E-state index in [0.29, 0.717) is 12.2 Å². The molecule has 1 N–H and O–H groups in total. The van der Waals surface area contributed by atoms with Gasteiger partial charge in [0.15, 0.2) is 0 Å². The van der Waals surface area contributed by atoms with Gasteiger partial charge in [0.05, 0.1) is 18.0 Å². The summed E-state index contributed by atoms with van der Waals surface area (Å²) in [5.74, 6) is -0.629. The zero-order valence-electron chi connectivity index (χ0n) is 14.7. The van der Waals surface area contributed by atoms with Crippen LogP contribution >= 0.6 is 11.3 Å². The van der Waals surface area contributed by atoms with Crippen LogP contribution in [0.1, 0.15) is 12.5 Å². The number of hydrogen-bond acceptors (Lipinski definition) is 6.